The highest BCUT2D eigenvalue weighted by Crippen LogP contribution is 2.31. The van der Waals surface area contributed by atoms with Crippen LogP contribution in [0.1, 0.15) is 36.6 Å². The van der Waals surface area contributed by atoms with Crippen LogP contribution < -0.4 is 4.90 Å². The summed E-state index contributed by atoms with van der Waals surface area (Å²) in [5.41, 5.74) is 2.73. The van der Waals surface area contributed by atoms with Gasteiger partial charge in [0, 0.05) is 17.7 Å². The van der Waals surface area contributed by atoms with Crippen LogP contribution in [-0.2, 0) is 4.79 Å². The molecule has 0 aromatic heterocycles. The minimum Gasteiger partial charge on any atom is -0.310 e. The second-order valence-corrected chi connectivity index (χ2v) is 5.84. The van der Waals surface area contributed by atoms with Crippen LogP contribution in [0.3, 0.4) is 0 Å². The number of likely N-dealkylation sites (N-methyl/N-ethyl adjacent to an activating group) is 1. The summed E-state index contributed by atoms with van der Waals surface area (Å²) in [5, 5.41) is 3.06. The van der Waals surface area contributed by atoms with Gasteiger partial charge in [0.15, 0.2) is 0 Å². The van der Waals surface area contributed by atoms with Crippen molar-refractivity contribution in [2.24, 2.45) is 10.2 Å². The number of hydrogen-bond acceptors (Lipinski definition) is 4. The summed E-state index contributed by atoms with van der Waals surface area (Å²) >= 11 is 0. The smallest absolute Gasteiger partial charge is 0.248 e. The van der Waals surface area contributed by atoms with E-state index in [2.05, 4.69) is 10.2 Å². The number of amides is 1. The molecule has 128 valence electrons. The summed E-state index contributed by atoms with van der Waals surface area (Å²) in [4.78, 5) is 29.3. The standard InChI is InChI=1S/C19H18FN3O2/c1-3-23-17-9-8-13(12(2)22-25)10-15(17)19(21-11-18(23)24)14-6-4-5-7-16(14)20/h4-10,12H,3,11H2,1-2H3. The van der Waals surface area contributed by atoms with Gasteiger partial charge in [0.2, 0.25) is 5.91 Å². The van der Waals surface area contributed by atoms with Crippen molar-refractivity contribution >= 4 is 17.3 Å². The van der Waals surface area contributed by atoms with Crippen molar-refractivity contribution in [3.63, 3.8) is 0 Å². The topological polar surface area (TPSA) is 62.1 Å². The van der Waals surface area contributed by atoms with Gasteiger partial charge in [0.1, 0.15) is 18.4 Å². The van der Waals surface area contributed by atoms with Gasteiger partial charge >= 0.3 is 0 Å². The number of rotatable bonds is 4. The van der Waals surface area contributed by atoms with E-state index in [1.54, 1.807) is 48.2 Å². The highest BCUT2D eigenvalue weighted by atomic mass is 19.1. The fourth-order valence-corrected chi connectivity index (χ4v) is 2.98. The Morgan fingerprint density at radius 1 is 1.24 bits per heavy atom. The molecule has 1 atom stereocenters. The lowest BCUT2D eigenvalue weighted by Crippen LogP contribution is -2.32. The Bertz CT molecular complexity index is 863. The first-order valence-electron chi connectivity index (χ1n) is 8.13. The first-order valence-corrected chi connectivity index (χ1v) is 8.13. The number of anilines is 1. The van der Waals surface area contributed by atoms with Gasteiger partial charge in [-0.1, -0.05) is 23.4 Å². The lowest BCUT2D eigenvalue weighted by Gasteiger charge is -2.22. The highest BCUT2D eigenvalue weighted by molar-refractivity contribution is 6.19. The van der Waals surface area contributed by atoms with Crippen molar-refractivity contribution in [3.8, 4) is 0 Å². The Labute approximate surface area is 145 Å². The van der Waals surface area contributed by atoms with Crippen LogP contribution in [0.25, 0.3) is 0 Å². The Hall–Kier alpha value is -2.89. The lowest BCUT2D eigenvalue weighted by atomic mass is 9.96. The molecule has 1 heterocycles. The van der Waals surface area contributed by atoms with Crippen molar-refractivity contribution in [1.82, 2.24) is 0 Å². The number of fused-ring (bicyclic) bond motifs is 1. The van der Waals surface area contributed by atoms with Gasteiger partial charge in [-0.3, -0.25) is 9.79 Å². The average molecular weight is 339 g/mol. The zero-order valence-electron chi connectivity index (χ0n) is 14.1. The summed E-state index contributed by atoms with van der Waals surface area (Å²) in [6.07, 6.45) is 0. The first kappa shape index (κ1) is 17.0. The number of halogens is 1. The molecule has 0 fully saturated rings. The van der Waals surface area contributed by atoms with E-state index in [-0.39, 0.29) is 12.5 Å². The van der Waals surface area contributed by atoms with Gasteiger partial charge < -0.3 is 4.90 Å². The van der Waals surface area contributed by atoms with Crippen LogP contribution in [0.2, 0.25) is 0 Å². The van der Waals surface area contributed by atoms with Crippen molar-refractivity contribution in [2.45, 2.75) is 19.9 Å². The third kappa shape index (κ3) is 3.07. The second-order valence-electron chi connectivity index (χ2n) is 5.84. The van der Waals surface area contributed by atoms with Crippen molar-refractivity contribution < 1.29 is 9.18 Å². The largest absolute Gasteiger partial charge is 0.310 e. The molecule has 2 aromatic rings. The van der Waals surface area contributed by atoms with E-state index >= 15 is 0 Å². The molecule has 0 spiro atoms. The van der Waals surface area contributed by atoms with Crippen LogP contribution >= 0.6 is 0 Å². The highest BCUT2D eigenvalue weighted by Gasteiger charge is 2.26. The van der Waals surface area contributed by atoms with Gasteiger partial charge in [-0.15, -0.1) is 0 Å². The Morgan fingerprint density at radius 2 is 2.00 bits per heavy atom. The molecular formula is C19H18FN3O2. The van der Waals surface area contributed by atoms with Crippen LogP contribution in [-0.4, -0.2) is 24.7 Å². The van der Waals surface area contributed by atoms with E-state index in [1.807, 2.05) is 6.92 Å². The van der Waals surface area contributed by atoms with Gasteiger partial charge in [-0.05, 0) is 43.7 Å². The van der Waals surface area contributed by atoms with Crippen molar-refractivity contribution in [3.05, 3.63) is 69.9 Å². The maximum atomic E-state index is 14.4. The van der Waals surface area contributed by atoms with E-state index < -0.39 is 11.9 Å². The van der Waals surface area contributed by atoms with Gasteiger partial charge in [0.05, 0.1) is 11.4 Å². The third-order valence-corrected chi connectivity index (χ3v) is 4.33. The summed E-state index contributed by atoms with van der Waals surface area (Å²) < 4.78 is 14.4. The number of nitrogens with zero attached hydrogens (tertiary/aromatic N) is 3. The van der Waals surface area contributed by atoms with E-state index in [0.29, 0.717) is 34.6 Å². The molecule has 3 rings (SSSR count). The molecule has 0 radical (unpaired) electrons. The number of carbonyl (C=O) groups excluding carboxylic acids is 1. The number of nitroso groups, excluding NO2 is 1. The molecule has 6 heteroatoms. The number of carbonyl (C=O) groups is 1. The van der Waals surface area contributed by atoms with E-state index in [4.69, 9.17) is 0 Å². The molecule has 5 nitrogen and oxygen atoms in total. The van der Waals surface area contributed by atoms with Gasteiger partial charge in [0.25, 0.3) is 0 Å². The number of benzene rings is 2. The predicted octanol–water partition coefficient (Wildman–Crippen LogP) is 3.86. The quantitative estimate of drug-likeness (QED) is 0.794. The van der Waals surface area contributed by atoms with Crippen LogP contribution in [0, 0.1) is 10.7 Å². The molecule has 0 N–H and O–H groups in total. The SMILES string of the molecule is CCN1C(=O)CN=C(c2ccccc2F)c2cc(C(C)N=O)ccc21. The van der Waals surface area contributed by atoms with E-state index in [9.17, 15) is 14.1 Å². The van der Waals surface area contributed by atoms with Crippen molar-refractivity contribution in [2.75, 3.05) is 18.0 Å². The predicted molar refractivity (Wildman–Crippen MR) is 95.6 cm³/mol. The molecule has 2 aromatic carbocycles. The molecule has 0 aliphatic carbocycles. The Kier molecular flexibility index (Phi) is 4.70. The molecule has 1 unspecified atom stereocenters. The molecule has 1 aliphatic rings. The second kappa shape index (κ2) is 6.93. The lowest BCUT2D eigenvalue weighted by molar-refractivity contribution is -0.117. The first-order chi connectivity index (χ1) is 12.1. The summed E-state index contributed by atoms with van der Waals surface area (Å²) in [6, 6.07) is 11.1. The molecule has 0 bridgehead atoms. The summed E-state index contributed by atoms with van der Waals surface area (Å²) in [5.74, 6) is -0.555. The molecule has 0 saturated carbocycles. The van der Waals surface area contributed by atoms with Crippen LogP contribution in [0.4, 0.5) is 10.1 Å². The summed E-state index contributed by atoms with van der Waals surface area (Å²) in [6.45, 7) is 3.99. The number of hydrogen-bond donors (Lipinski definition) is 0. The maximum Gasteiger partial charge on any atom is 0.248 e. The normalized spacial score (nSPS) is 15.2. The fraction of sp³-hybridized carbons (Fsp3) is 0.263. The monoisotopic (exact) mass is 339 g/mol. The van der Waals surface area contributed by atoms with Crippen molar-refractivity contribution in [1.29, 1.82) is 0 Å². The molecular weight excluding hydrogens is 321 g/mol. The fourth-order valence-electron chi connectivity index (χ4n) is 2.98. The molecule has 0 saturated heterocycles. The summed E-state index contributed by atoms with van der Waals surface area (Å²) in [7, 11) is 0. The van der Waals surface area contributed by atoms with E-state index in [1.165, 1.54) is 6.07 Å². The Morgan fingerprint density at radius 3 is 2.68 bits per heavy atom. The zero-order valence-corrected chi connectivity index (χ0v) is 14.1. The number of aliphatic imine (C=N–C) groups is 1. The molecule has 1 amide bonds. The number of benzodiazepines with no additional fused rings is 1. The Balaban J connectivity index is 2.25. The minimum absolute atomic E-state index is 0.0526. The third-order valence-electron chi connectivity index (χ3n) is 4.33. The molecule has 25 heavy (non-hydrogen) atoms. The van der Waals surface area contributed by atoms with E-state index in [0.717, 1.165) is 0 Å². The molecule has 1 aliphatic heterocycles. The zero-order chi connectivity index (χ0) is 18.0. The van der Waals surface area contributed by atoms with Crippen LogP contribution in [0.15, 0.2) is 52.6 Å². The minimum atomic E-state index is -0.541. The van der Waals surface area contributed by atoms with Gasteiger partial charge in [-0.25, -0.2) is 4.39 Å². The maximum absolute atomic E-state index is 14.4. The average Bonchev–Trinajstić information content (AvgIpc) is 2.77. The van der Waals surface area contributed by atoms with Crippen LogP contribution in [0.5, 0.6) is 0 Å². The van der Waals surface area contributed by atoms with Gasteiger partial charge in [-0.2, -0.15) is 4.91 Å².